The van der Waals surface area contributed by atoms with E-state index in [1.807, 2.05) is 0 Å². The van der Waals surface area contributed by atoms with Crippen LogP contribution in [-0.4, -0.2) is 48.6 Å². The van der Waals surface area contributed by atoms with E-state index in [2.05, 4.69) is 20.7 Å². The van der Waals surface area contributed by atoms with Crippen LogP contribution in [0.25, 0.3) is 0 Å². The lowest BCUT2D eigenvalue weighted by Crippen LogP contribution is -2.51. The Kier molecular flexibility index (Phi) is 9.47. The minimum Gasteiger partial charge on any atom is -0.463 e. The Hall–Kier alpha value is -4.80. The normalized spacial score (nSPS) is 13.3. The SMILES string of the molecule is CC(C)C(NC(=O)Cc1ccc(N2C(=O)C=CC2=O)cc1)C(=O)NCC(=O)Nc1ccc(COC=O)cc1. The molecule has 3 N–H and O–H groups in total. The van der Waals surface area contributed by atoms with Gasteiger partial charge in [0.1, 0.15) is 12.6 Å². The fourth-order valence-corrected chi connectivity index (χ4v) is 3.66. The molecule has 2 aromatic carbocycles. The molecule has 5 amide bonds. The number of rotatable bonds is 12. The van der Waals surface area contributed by atoms with Gasteiger partial charge in [0.2, 0.25) is 17.7 Å². The van der Waals surface area contributed by atoms with Gasteiger partial charge in [-0.2, -0.15) is 0 Å². The van der Waals surface area contributed by atoms with Crippen molar-refractivity contribution in [2.24, 2.45) is 5.92 Å². The lowest BCUT2D eigenvalue weighted by Gasteiger charge is -2.22. The number of ether oxygens (including phenoxy) is 1. The monoisotopic (exact) mass is 520 g/mol. The molecule has 0 fully saturated rings. The molecule has 1 atom stereocenters. The van der Waals surface area contributed by atoms with Crippen LogP contribution in [-0.2, 0) is 46.5 Å². The smallest absolute Gasteiger partial charge is 0.293 e. The molecule has 198 valence electrons. The van der Waals surface area contributed by atoms with E-state index >= 15 is 0 Å². The van der Waals surface area contributed by atoms with E-state index in [0.29, 0.717) is 23.4 Å². The average molecular weight is 521 g/mol. The summed E-state index contributed by atoms with van der Waals surface area (Å²) in [6, 6.07) is 12.2. The number of benzene rings is 2. The van der Waals surface area contributed by atoms with Gasteiger partial charge in [0.15, 0.2) is 0 Å². The molecule has 0 aromatic heterocycles. The van der Waals surface area contributed by atoms with Crippen LogP contribution in [0.4, 0.5) is 11.4 Å². The van der Waals surface area contributed by atoms with Crippen LogP contribution >= 0.6 is 0 Å². The predicted octanol–water partition coefficient (Wildman–Crippen LogP) is 1.23. The Balaban J connectivity index is 1.48. The van der Waals surface area contributed by atoms with Crippen molar-refractivity contribution in [2.75, 3.05) is 16.8 Å². The first-order valence-electron chi connectivity index (χ1n) is 11.8. The largest absolute Gasteiger partial charge is 0.463 e. The first kappa shape index (κ1) is 27.8. The molecule has 11 heteroatoms. The molecule has 1 unspecified atom stereocenters. The second kappa shape index (κ2) is 12.9. The molecule has 11 nitrogen and oxygen atoms in total. The standard InChI is InChI=1S/C27H28N4O7/c1-17(2)26(27(37)28-14-23(34)29-20-7-3-19(4-8-20)15-38-16-32)30-22(33)13-18-5-9-21(10-6-18)31-24(35)11-12-25(31)36/h3-12,16-17,26H,13-15H2,1-2H3,(H,28,37)(H,29,34)(H,30,33). The van der Waals surface area contributed by atoms with Gasteiger partial charge >= 0.3 is 0 Å². The fraction of sp³-hybridized carbons (Fsp3) is 0.259. The summed E-state index contributed by atoms with van der Waals surface area (Å²) < 4.78 is 4.67. The number of hydrogen-bond acceptors (Lipinski definition) is 7. The molecule has 38 heavy (non-hydrogen) atoms. The maximum absolute atomic E-state index is 12.7. The number of carbonyl (C=O) groups excluding carboxylic acids is 6. The first-order valence-corrected chi connectivity index (χ1v) is 11.8. The van der Waals surface area contributed by atoms with Gasteiger partial charge in [-0.3, -0.25) is 28.8 Å². The van der Waals surface area contributed by atoms with Crippen LogP contribution < -0.4 is 20.9 Å². The summed E-state index contributed by atoms with van der Waals surface area (Å²) in [7, 11) is 0. The van der Waals surface area contributed by atoms with Crippen molar-refractivity contribution < 1.29 is 33.5 Å². The van der Waals surface area contributed by atoms with Crippen molar-refractivity contribution in [3.63, 3.8) is 0 Å². The molecule has 0 aliphatic carbocycles. The van der Waals surface area contributed by atoms with Crippen molar-refractivity contribution in [3.05, 3.63) is 71.8 Å². The number of nitrogens with zero attached hydrogens (tertiary/aromatic N) is 1. The number of anilines is 2. The lowest BCUT2D eigenvalue weighted by molar-refractivity contribution is -0.130. The van der Waals surface area contributed by atoms with Gasteiger partial charge < -0.3 is 20.7 Å². The maximum atomic E-state index is 12.7. The molecule has 0 saturated heterocycles. The molecule has 3 rings (SSSR count). The minimum absolute atomic E-state index is 0.0225. The van der Waals surface area contributed by atoms with E-state index in [9.17, 15) is 28.8 Å². The number of hydrogen-bond donors (Lipinski definition) is 3. The van der Waals surface area contributed by atoms with Gasteiger partial charge in [-0.05, 0) is 41.3 Å². The zero-order chi connectivity index (χ0) is 27.7. The van der Waals surface area contributed by atoms with E-state index in [4.69, 9.17) is 0 Å². The van der Waals surface area contributed by atoms with E-state index in [0.717, 1.165) is 10.5 Å². The Labute approximate surface area is 219 Å². The van der Waals surface area contributed by atoms with Gasteiger partial charge in [-0.1, -0.05) is 38.1 Å². The lowest BCUT2D eigenvalue weighted by atomic mass is 10.0. The van der Waals surface area contributed by atoms with E-state index in [1.54, 1.807) is 62.4 Å². The highest BCUT2D eigenvalue weighted by molar-refractivity contribution is 6.28. The van der Waals surface area contributed by atoms with Gasteiger partial charge in [0.25, 0.3) is 18.3 Å². The van der Waals surface area contributed by atoms with Crippen LogP contribution in [0, 0.1) is 5.92 Å². The topological polar surface area (TPSA) is 151 Å². The van der Waals surface area contributed by atoms with Gasteiger partial charge in [-0.15, -0.1) is 0 Å². The quantitative estimate of drug-likeness (QED) is 0.281. The van der Waals surface area contributed by atoms with Crippen molar-refractivity contribution in [3.8, 4) is 0 Å². The Morgan fingerprint density at radius 1 is 0.895 bits per heavy atom. The second-order valence-corrected chi connectivity index (χ2v) is 8.85. The minimum atomic E-state index is -0.863. The van der Waals surface area contributed by atoms with E-state index in [-0.39, 0.29) is 25.5 Å². The van der Waals surface area contributed by atoms with Crippen LogP contribution in [0.15, 0.2) is 60.7 Å². The number of imide groups is 1. The number of carbonyl (C=O) groups is 6. The van der Waals surface area contributed by atoms with E-state index < -0.39 is 35.6 Å². The maximum Gasteiger partial charge on any atom is 0.293 e. The van der Waals surface area contributed by atoms with Crippen LogP contribution in [0.1, 0.15) is 25.0 Å². The Bertz CT molecular complexity index is 1220. The highest BCUT2D eigenvalue weighted by atomic mass is 16.5. The van der Waals surface area contributed by atoms with Gasteiger partial charge in [0.05, 0.1) is 18.7 Å². The van der Waals surface area contributed by atoms with Gasteiger partial charge in [-0.25, -0.2) is 4.90 Å². The van der Waals surface area contributed by atoms with Crippen molar-refractivity contribution in [1.82, 2.24) is 10.6 Å². The third-order valence-electron chi connectivity index (χ3n) is 5.61. The molecule has 0 radical (unpaired) electrons. The average Bonchev–Trinajstić information content (AvgIpc) is 3.23. The van der Waals surface area contributed by atoms with Crippen molar-refractivity contribution >= 4 is 47.4 Å². The summed E-state index contributed by atoms with van der Waals surface area (Å²) in [5.41, 5.74) is 2.29. The van der Waals surface area contributed by atoms with Crippen LogP contribution in [0.3, 0.4) is 0 Å². The Morgan fingerprint density at radius 2 is 1.50 bits per heavy atom. The highest BCUT2D eigenvalue weighted by Gasteiger charge is 2.26. The summed E-state index contributed by atoms with van der Waals surface area (Å²) in [6.07, 6.45) is 2.36. The third kappa shape index (κ3) is 7.60. The molecule has 1 aliphatic heterocycles. The molecule has 0 spiro atoms. The molecular weight excluding hydrogens is 492 g/mol. The molecule has 0 bridgehead atoms. The second-order valence-electron chi connectivity index (χ2n) is 8.85. The summed E-state index contributed by atoms with van der Waals surface area (Å²) in [4.78, 5) is 72.5. The fourth-order valence-electron chi connectivity index (χ4n) is 3.66. The van der Waals surface area contributed by atoms with Gasteiger partial charge in [0, 0.05) is 17.8 Å². The zero-order valence-corrected chi connectivity index (χ0v) is 20.9. The molecule has 2 aromatic rings. The predicted molar refractivity (Wildman–Crippen MR) is 137 cm³/mol. The zero-order valence-electron chi connectivity index (χ0n) is 20.9. The summed E-state index contributed by atoms with van der Waals surface area (Å²) >= 11 is 0. The van der Waals surface area contributed by atoms with E-state index in [1.165, 1.54) is 12.2 Å². The number of amides is 5. The molecule has 0 saturated carbocycles. The molecule has 1 heterocycles. The van der Waals surface area contributed by atoms with Crippen LogP contribution in [0.5, 0.6) is 0 Å². The molecule has 1 aliphatic rings. The number of nitrogens with one attached hydrogen (secondary N) is 3. The highest BCUT2D eigenvalue weighted by Crippen LogP contribution is 2.19. The first-order chi connectivity index (χ1) is 18.2. The summed E-state index contributed by atoms with van der Waals surface area (Å²) in [5, 5.41) is 7.89. The summed E-state index contributed by atoms with van der Waals surface area (Å²) in [6.45, 7) is 3.72. The summed E-state index contributed by atoms with van der Waals surface area (Å²) in [5.74, 6) is -2.46. The van der Waals surface area contributed by atoms with Crippen molar-refractivity contribution in [1.29, 1.82) is 0 Å². The van der Waals surface area contributed by atoms with Crippen molar-refractivity contribution in [2.45, 2.75) is 32.9 Å². The Morgan fingerprint density at radius 3 is 2.08 bits per heavy atom. The third-order valence-corrected chi connectivity index (χ3v) is 5.61. The molecular formula is C27H28N4O7. The van der Waals surface area contributed by atoms with Crippen LogP contribution in [0.2, 0.25) is 0 Å².